The van der Waals surface area contributed by atoms with Crippen molar-refractivity contribution in [3.8, 4) is 6.07 Å². The molecule has 2 saturated heterocycles. The van der Waals surface area contributed by atoms with Crippen LogP contribution in [0, 0.1) is 17.1 Å². The number of aryl methyl sites for hydroxylation is 1. The monoisotopic (exact) mass is 725 g/mol. The number of fused-ring (bicyclic) bond motifs is 3. The number of amides is 2. The Morgan fingerprint density at radius 2 is 1.54 bits per heavy atom. The van der Waals surface area contributed by atoms with Gasteiger partial charge < -0.3 is 9.80 Å². The van der Waals surface area contributed by atoms with Crippen molar-refractivity contribution in [2.45, 2.75) is 78.4 Å². The Kier molecular flexibility index (Phi) is 8.52. The van der Waals surface area contributed by atoms with Crippen LogP contribution in [0.15, 0.2) is 71.6 Å². The number of nitrogens with zero attached hydrogens (tertiary/aromatic N) is 3. The third-order valence-corrected chi connectivity index (χ3v) is 12.5. The van der Waals surface area contributed by atoms with Gasteiger partial charge in [-0.2, -0.15) is 31.6 Å². The van der Waals surface area contributed by atoms with E-state index in [1.54, 1.807) is 24.3 Å². The van der Waals surface area contributed by atoms with Gasteiger partial charge in [-0.1, -0.05) is 30.3 Å². The number of carbonyl (C=O) groups is 2. The third-order valence-electron chi connectivity index (χ3n) is 10.0. The highest BCUT2D eigenvalue weighted by molar-refractivity contribution is 7.92. The zero-order valence-corrected chi connectivity index (χ0v) is 26.7. The molecule has 0 spiro atoms. The molecule has 2 aliphatic heterocycles. The lowest BCUT2D eigenvalue weighted by molar-refractivity contribution is -0.348. The van der Waals surface area contributed by atoms with E-state index in [-0.39, 0.29) is 68.3 Å². The van der Waals surface area contributed by atoms with Gasteiger partial charge in [0, 0.05) is 25.1 Å². The zero-order valence-electron chi connectivity index (χ0n) is 25.9. The van der Waals surface area contributed by atoms with Gasteiger partial charge in [0.05, 0.1) is 22.6 Å². The van der Waals surface area contributed by atoms with E-state index in [2.05, 4.69) is 0 Å². The van der Waals surface area contributed by atoms with Crippen LogP contribution in [-0.4, -0.2) is 61.0 Å². The number of hydrogen-bond acceptors (Lipinski definition) is 5. The number of halogens is 8. The average molecular weight is 726 g/mol. The molecule has 0 aromatic heterocycles. The molecule has 3 aromatic carbocycles. The Hall–Kier alpha value is -4.52. The van der Waals surface area contributed by atoms with E-state index >= 15 is 4.39 Å². The van der Waals surface area contributed by atoms with E-state index in [1.165, 1.54) is 9.80 Å². The minimum atomic E-state index is -6.40. The Morgan fingerprint density at radius 3 is 2.14 bits per heavy atom. The summed E-state index contributed by atoms with van der Waals surface area (Å²) in [5, 5.41) is 9.09. The van der Waals surface area contributed by atoms with Gasteiger partial charge >= 0.3 is 18.0 Å². The maximum atomic E-state index is 15.1. The van der Waals surface area contributed by atoms with Gasteiger partial charge in [-0.15, -0.1) is 0 Å². The molecule has 3 aromatic rings. The Morgan fingerprint density at radius 1 is 0.900 bits per heavy atom. The molecule has 0 bridgehead atoms. The van der Waals surface area contributed by atoms with E-state index in [4.69, 9.17) is 5.26 Å². The Balaban J connectivity index is 1.43. The van der Waals surface area contributed by atoms with Crippen LogP contribution in [-0.2, 0) is 42.8 Å². The zero-order chi connectivity index (χ0) is 36.4. The summed E-state index contributed by atoms with van der Waals surface area (Å²) < 4.78 is 138. The van der Waals surface area contributed by atoms with Crippen molar-refractivity contribution in [2.75, 3.05) is 6.54 Å². The fourth-order valence-corrected chi connectivity index (χ4v) is 9.95. The lowest BCUT2D eigenvalue weighted by Gasteiger charge is -2.43. The summed E-state index contributed by atoms with van der Waals surface area (Å²) in [5.74, 6) is -1.72. The van der Waals surface area contributed by atoms with Gasteiger partial charge in [0.15, 0.2) is 9.84 Å². The summed E-state index contributed by atoms with van der Waals surface area (Å²) in [4.78, 5) is 29.4. The summed E-state index contributed by atoms with van der Waals surface area (Å²) in [5.41, 5.74) is -6.98. The molecular formula is C34H27F8N3O4S. The number of likely N-dealkylation sites (tertiary alicyclic amines) is 2. The first-order valence-corrected chi connectivity index (χ1v) is 16.9. The summed E-state index contributed by atoms with van der Waals surface area (Å²) in [6.07, 6.45) is -13.6. The molecule has 0 unspecified atom stereocenters. The van der Waals surface area contributed by atoms with E-state index in [0.29, 0.717) is 17.2 Å². The first-order valence-electron chi connectivity index (χ1n) is 15.4. The van der Waals surface area contributed by atoms with Crippen molar-refractivity contribution in [2.24, 2.45) is 0 Å². The molecule has 7 nitrogen and oxygen atoms in total. The Bertz CT molecular complexity index is 1980. The van der Waals surface area contributed by atoms with E-state index in [1.807, 2.05) is 6.07 Å². The van der Waals surface area contributed by atoms with Crippen molar-refractivity contribution in [1.82, 2.24) is 9.80 Å². The minimum Gasteiger partial charge on any atom is -0.336 e. The van der Waals surface area contributed by atoms with Crippen LogP contribution in [0.2, 0.25) is 0 Å². The molecule has 3 atom stereocenters. The van der Waals surface area contributed by atoms with Crippen molar-refractivity contribution in [1.29, 1.82) is 5.26 Å². The minimum absolute atomic E-state index is 0.00742. The highest BCUT2D eigenvalue weighted by atomic mass is 32.2. The lowest BCUT2D eigenvalue weighted by Crippen LogP contribution is -2.55. The first kappa shape index (κ1) is 35.3. The summed E-state index contributed by atoms with van der Waals surface area (Å²) >= 11 is 0. The van der Waals surface area contributed by atoms with Crippen LogP contribution in [0.4, 0.5) is 35.1 Å². The van der Waals surface area contributed by atoms with Crippen LogP contribution in [0.1, 0.15) is 53.5 Å². The predicted molar refractivity (Wildman–Crippen MR) is 160 cm³/mol. The highest BCUT2D eigenvalue weighted by Gasteiger charge is 2.74. The van der Waals surface area contributed by atoms with Crippen molar-refractivity contribution in [3.63, 3.8) is 0 Å². The summed E-state index contributed by atoms with van der Waals surface area (Å²) in [6.45, 7) is -0.202. The number of carbonyl (C=O) groups excluding carboxylic acids is 2. The molecule has 2 heterocycles. The molecule has 2 amide bonds. The predicted octanol–water partition coefficient (Wildman–Crippen LogP) is 6.39. The highest BCUT2D eigenvalue weighted by Crippen LogP contribution is 2.57. The van der Waals surface area contributed by atoms with Crippen molar-refractivity contribution < 1.29 is 53.1 Å². The molecule has 50 heavy (non-hydrogen) atoms. The molecule has 6 rings (SSSR count). The summed E-state index contributed by atoms with van der Waals surface area (Å²) in [7, 11) is -4.67. The molecule has 264 valence electrons. The molecule has 0 N–H and O–H groups in total. The number of rotatable bonds is 6. The summed E-state index contributed by atoms with van der Waals surface area (Å²) in [6, 6.07) is 11.2. The van der Waals surface area contributed by atoms with E-state index in [0.717, 1.165) is 30.3 Å². The van der Waals surface area contributed by atoms with Gasteiger partial charge in [0.2, 0.25) is 11.8 Å². The topological polar surface area (TPSA) is 98.5 Å². The molecule has 2 fully saturated rings. The van der Waals surface area contributed by atoms with E-state index < -0.39 is 66.9 Å². The van der Waals surface area contributed by atoms with Gasteiger partial charge in [-0.05, 0) is 78.8 Å². The van der Waals surface area contributed by atoms with Crippen LogP contribution in [0.3, 0.4) is 0 Å². The van der Waals surface area contributed by atoms with Crippen LogP contribution >= 0.6 is 0 Å². The van der Waals surface area contributed by atoms with Crippen molar-refractivity contribution in [3.05, 3.63) is 100 Å². The largest absolute Gasteiger partial charge is 0.435 e. The maximum absolute atomic E-state index is 15.1. The number of sulfone groups is 1. The van der Waals surface area contributed by atoms with Crippen molar-refractivity contribution >= 4 is 21.7 Å². The van der Waals surface area contributed by atoms with Gasteiger partial charge in [0.1, 0.15) is 16.6 Å². The van der Waals surface area contributed by atoms with Crippen LogP contribution in [0.25, 0.3) is 0 Å². The second kappa shape index (κ2) is 12.1. The number of benzene rings is 3. The van der Waals surface area contributed by atoms with Gasteiger partial charge in [-0.25, -0.2) is 17.2 Å². The fraction of sp³-hybridized carbons (Fsp3) is 0.382. The third kappa shape index (κ3) is 5.32. The van der Waals surface area contributed by atoms with Crippen LogP contribution in [0.5, 0.6) is 0 Å². The Labute approximate surface area is 281 Å². The first-order chi connectivity index (χ1) is 23.4. The molecule has 16 heteroatoms. The lowest BCUT2D eigenvalue weighted by atomic mass is 9.76. The smallest absolute Gasteiger partial charge is 0.336 e. The van der Waals surface area contributed by atoms with Gasteiger partial charge in [-0.3, -0.25) is 9.59 Å². The second-order valence-corrected chi connectivity index (χ2v) is 14.8. The molecular weight excluding hydrogens is 698 g/mol. The molecule has 3 aliphatic rings. The molecule has 0 radical (unpaired) electrons. The van der Waals surface area contributed by atoms with Crippen LogP contribution < -0.4 is 0 Å². The second-order valence-electron chi connectivity index (χ2n) is 12.6. The normalized spacial score (nSPS) is 22.7. The standard InChI is InChI=1S/C34H27F8N3O4S/c35-24-7-9-25(10-8-24)50(48,49)31-15-16-44(30(47)27-12-14-29(46)45(27)19-21-3-1-20(18-43)2-4-21)28(31)13-5-22-17-23(6-11-26(22)31)32(36,33(37,38)39)34(40,41)42/h1-4,6-11,17,27-28H,5,12-16,19H2/t27-,28+,31+/m0/s1. The number of alkyl halides is 7. The maximum Gasteiger partial charge on any atom is 0.435 e. The van der Waals surface area contributed by atoms with Gasteiger partial charge in [0.25, 0.3) is 0 Å². The molecule has 1 aliphatic carbocycles. The van der Waals surface area contributed by atoms with E-state index in [9.17, 15) is 48.7 Å². The fourth-order valence-electron chi connectivity index (χ4n) is 7.58. The molecule has 0 saturated carbocycles. The number of hydrogen-bond donors (Lipinski definition) is 0. The number of nitriles is 1. The SMILES string of the molecule is N#Cc1ccc(CN2C(=O)CC[C@H]2C(=O)N2CC[C@@]3(S(=O)(=O)c4ccc(F)cc4)c4ccc(C(F)(C(F)(F)F)C(F)(F)F)cc4CC[C@@H]23)cc1. The average Bonchev–Trinajstić information content (AvgIpc) is 3.65. The quantitative estimate of drug-likeness (QED) is 0.217.